The van der Waals surface area contributed by atoms with Crippen molar-refractivity contribution in [2.45, 2.75) is 6.92 Å². The van der Waals surface area contributed by atoms with Crippen LogP contribution in [0.2, 0.25) is 0 Å². The van der Waals surface area contributed by atoms with Gasteiger partial charge in [-0.1, -0.05) is 0 Å². The van der Waals surface area contributed by atoms with E-state index in [9.17, 15) is 0 Å². The number of rotatable bonds is 1. The van der Waals surface area contributed by atoms with E-state index in [2.05, 4.69) is 20.1 Å². The Morgan fingerprint density at radius 1 is 1.21 bits per heavy atom. The van der Waals surface area contributed by atoms with Crippen LogP contribution in [0.3, 0.4) is 0 Å². The van der Waals surface area contributed by atoms with Gasteiger partial charge in [-0.2, -0.15) is 5.10 Å². The maximum atomic E-state index is 5.69. The Morgan fingerprint density at radius 3 is 2.36 bits per heavy atom. The van der Waals surface area contributed by atoms with Crippen molar-refractivity contribution >= 4 is 11.6 Å². The Kier molecular flexibility index (Phi) is 1.77. The first-order chi connectivity index (χ1) is 6.68. The van der Waals surface area contributed by atoms with E-state index in [1.165, 1.54) is 17.3 Å². The van der Waals surface area contributed by atoms with Crippen molar-refractivity contribution < 1.29 is 0 Å². The molecule has 0 spiro atoms. The van der Waals surface area contributed by atoms with Crippen molar-refractivity contribution in [3.05, 3.63) is 18.5 Å². The molecular weight excluding hydrogens is 182 g/mol. The van der Waals surface area contributed by atoms with Crippen LogP contribution in [0, 0.1) is 6.92 Å². The monoisotopic (exact) mass is 191 g/mol. The summed E-state index contributed by atoms with van der Waals surface area (Å²) < 4.78 is 1.43. The van der Waals surface area contributed by atoms with E-state index in [1.54, 1.807) is 6.92 Å². The van der Waals surface area contributed by atoms with E-state index in [-0.39, 0.29) is 0 Å². The van der Waals surface area contributed by atoms with E-state index in [0.29, 0.717) is 23.1 Å². The highest BCUT2D eigenvalue weighted by Gasteiger charge is 2.10. The predicted molar refractivity (Wildman–Crippen MR) is 50.5 cm³/mol. The molecule has 0 amide bonds. The highest BCUT2D eigenvalue weighted by molar-refractivity contribution is 5.64. The number of nitrogen functional groups attached to an aromatic ring is 2. The summed E-state index contributed by atoms with van der Waals surface area (Å²) in [5.41, 5.74) is 11.9. The molecule has 0 fully saturated rings. The molecule has 14 heavy (non-hydrogen) atoms. The van der Waals surface area contributed by atoms with E-state index in [1.807, 2.05) is 0 Å². The summed E-state index contributed by atoms with van der Waals surface area (Å²) in [6.45, 7) is 1.72. The Morgan fingerprint density at radius 2 is 1.86 bits per heavy atom. The summed E-state index contributed by atoms with van der Waals surface area (Å²) >= 11 is 0. The standard InChI is InChI=1S/C7H9N7/c1-4-12-6(8)5(7(9)13-4)14-3-10-2-11-14/h2-3H,1H3,(H4,8,9,12,13). The SMILES string of the molecule is Cc1nc(N)c(-n2cncn2)c(N)n1. The lowest BCUT2D eigenvalue weighted by Gasteiger charge is -2.07. The highest BCUT2D eigenvalue weighted by Crippen LogP contribution is 2.18. The minimum atomic E-state index is 0.292. The van der Waals surface area contributed by atoms with Crippen LogP contribution in [0.25, 0.3) is 5.69 Å². The highest BCUT2D eigenvalue weighted by atomic mass is 15.3. The number of hydrogen-bond donors (Lipinski definition) is 2. The molecule has 4 N–H and O–H groups in total. The number of anilines is 2. The van der Waals surface area contributed by atoms with Gasteiger partial charge in [-0.3, -0.25) is 0 Å². The molecule has 0 aliphatic carbocycles. The number of nitrogens with zero attached hydrogens (tertiary/aromatic N) is 5. The van der Waals surface area contributed by atoms with E-state index >= 15 is 0 Å². The fourth-order valence-corrected chi connectivity index (χ4v) is 1.17. The average molecular weight is 191 g/mol. The van der Waals surface area contributed by atoms with Crippen LogP contribution in [0.1, 0.15) is 5.82 Å². The Hall–Kier alpha value is -2.18. The van der Waals surface area contributed by atoms with Crippen LogP contribution in [0.5, 0.6) is 0 Å². The molecule has 2 rings (SSSR count). The Bertz CT molecular complexity index is 424. The zero-order chi connectivity index (χ0) is 10.1. The van der Waals surface area contributed by atoms with E-state index < -0.39 is 0 Å². The predicted octanol–water partition coefficient (Wildman–Crippen LogP) is -0.470. The fraction of sp³-hybridized carbons (Fsp3) is 0.143. The van der Waals surface area contributed by atoms with Crippen LogP contribution < -0.4 is 11.5 Å². The van der Waals surface area contributed by atoms with Crippen molar-refractivity contribution in [1.29, 1.82) is 0 Å². The lowest BCUT2D eigenvalue weighted by molar-refractivity contribution is 0.865. The molecule has 0 saturated carbocycles. The molecule has 0 saturated heterocycles. The van der Waals surface area contributed by atoms with Crippen molar-refractivity contribution in [2.75, 3.05) is 11.5 Å². The number of nitrogens with two attached hydrogens (primary N) is 2. The quantitative estimate of drug-likeness (QED) is 0.630. The molecule has 2 heterocycles. The third-order valence-electron chi connectivity index (χ3n) is 1.70. The topological polar surface area (TPSA) is 109 Å². The molecule has 2 aromatic heterocycles. The van der Waals surface area contributed by atoms with Gasteiger partial charge in [0.2, 0.25) is 0 Å². The summed E-state index contributed by atoms with van der Waals surface area (Å²) in [5.74, 6) is 1.12. The second-order valence-corrected chi connectivity index (χ2v) is 2.73. The van der Waals surface area contributed by atoms with Crippen LogP contribution in [0.4, 0.5) is 11.6 Å². The molecule has 0 aliphatic heterocycles. The summed E-state index contributed by atoms with van der Waals surface area (Å²) in [4.78, 5) is 11.8. The Labute approximate surface area is 79.8 Å². The van der Waals surface area contributed by atoms with Crippen molar-refractivity contribution in [2.24, 2.45) is 0 Å². The maximum absolute atomic E-state index is 5.69. The van der Waals surface area contributed by atoms with E-state index in [4.69, 9.17) is 11.5 Å². The normalized spacial score (nSPS) is 10.4. The second-order valence-electron chi connectivity index (χ2n) is 2.73. The summed E-state index contributed by atoms with van der Waals surface area (Å²) in [7, 11) is 0. The van der Waals surface area contributed by atoms with Gasteiger partial charge in [0.1, 0.15) is 18.5 Å². The zero-order valence-corrected chi connectivity index (χ0v) is 7.55. The van der Waals surface area contributed by atoms with Gasteiger partial charge in [-0.25, -0.2) is 19.6 Å². The number of aromatic nitrogens is 5. The molecule has 72 valence electrons. The fourth-order valence-electron chi connectivity index (χ4n) is 1.17. The van der Waals surface area contributed by atoms with Gasteiger partial charge in [0.05, 0.1) is 0 Å². The van der Waals surface area contributed by atoms with Gasteiger partial charge in [0.15, 0.2) is 17.3 Å². The molecule has 7 nitrogen and oxygen atoms in total. The van der Waals surface area contributed by atoms with Crippen LogP contribution in [-0.4, -0.2) is 24.7 Å². The first kappa shape index (κ1) is 8.42. The molecule has 2 aromatic rings. The van der Waals surface area contributed by atoms with Crippen molar-refractivity contribution in [1.82, 2.24) is 24.7 Å². The lowest BCUT2D eigenvalue weighted by atomic mass is 10.4. The number of hydrogen-bond acceptors (Lipinski definition) is 6. The van der Waals surface area contributed by atoms with Crippen LogP contribution in [0.15, 0.2) is 12.7 Å². The molecule has 7 heteroatoms. The molecule has 0 unspecified atom stereocenters. The molecular formula is C7H9N7. The minimum Gasteiger partial charge on any atom is -0.382 e. The maximum Gasteiger partial charge on any atom is 0.155 e. The third kappa shape index (κ3) is 1.24. The lowest BCUT2D eigenvalue weighted by Crippen LogP contribution is -2.09. The minimum absolute atomic E-state index is 0.292. The molecule has 0 aliphatic rings. The Balaban J connectivity index is 2.64. The molecule has 0 atom stereocenters. The van der Waals surface area contributed by atoms with Crippen molar-refractivity contribution in [3.8, 4) is 5.69 Å². The number of aryl methyl sites for hydroxylation is 1. The first-order valence-corrected chi connectivity index (χ1v) is 3.93. The zero-order valence-electron chi connectivity index (χ0n) is 7.55. The first-order valence-electron chi connectivity index (χ1n) is 3.93. The summed E-state index contributed by atoms with van der Waals surface area (Å²) in [6.07, 6.45) is 2.87. The van der Waals surface area contributed by atoms with Crippen LogP contribution >= 0.6 is 0 Å². The molecule has 0 aromatic carbocycles. The summed E-state index contributed by atoms with van der Waals surface area (Å²) in [6, 6.07) is 0. The van der Waals surface area contributed by atoms with Gasteiger partial charge in [0.25, 0.3) is 0 Å². The van der Waals surface area contributed by atoms with Crippen molar-refractivity contribution in [3.63, 3.8) is 0 Å². The van der Waals surface area contributed by atoms with E-state index in [0.717, 1.165) is 0 Å². The second kappa shape index (κ2) is 2.95. The molecule has 0 bridgehead atoms. The average Bonchev–Trinajstić information content (AvgIpc) is 2.54. The molecule has 0 radical (unpaired) electrons. The van der Waals surface area contributed by atoms with Crippen LogP contribution in [-0.2, 0) is 0 Å². The summed E-state index contributed by atoms with van der Waals surface area (Å²) in [5, 5.41) is 3.90. The van der Waals surface area contributed by atoms with Gasteiger partial charge < -0.3 is 11.5 Å². The largest absolute Gasteiger partial charge is 0.382 e. The van der Waals surface area contributed by atoms with Gasteiger partial charge in [0, 0.05) is 0 Å². The van der Waals surface area contributed by atoms with Gasteiger partial charge in [-0.15, -0.1) is 0 Å². The van der Waals surface area contributed by atoms with Gasteiger partial charge >= 0.3 is 0 Å². The van der Waals surface area contributed by atoms with Gasteiger partial charge in [-0.05, 0) is 6.92 Å². The third-order valence-corrected chi connectivity index (χ3v) is 1.70. The smallest absolute Gasteiger partial charge is 0.155 e.